The number of hydrogen-bond donors (Lipinski definition) is 1. The van der Waals surface area contributed by atoms with Gasteiger partial charge in [-0.3, -0.25) is 0 Å². The van der Waals surface area contributed by atoms with Gasteiger partial charge in [0.25, 0.3) is 0 Å². The summed E-state index contributed by atoms with van der Waals surface area (Å²) in [6, 6.07) is 0. The monoisotopic (exact) mass is 245 g/mol. The molecule has 1 saturated carbocycles. The molecule has 3 nitrogen and oxygen atoms in total. The highest BCUT2D eigenvalue weighted by molar-refractivity contribution is 5.37. The van der Waals surface area contributed by atoms with Gasteiger partial charge < -0.3 is 5.73 Å². The summed E-state index contributed by atoms with van der Waals surface area (Å²) in [6.07, 6.45) is 10.3. The molecule has 3 heteroatoms. The van der Waals surface area contributed by atoms with E-state index in [0.29, 0.717) is 17.8 Å². The molecule has 2 aliphatic rings. The molecule has 0 radical (unpaired) electrons. The van der Waals surface area contributed by atoms with Crippen LogP contribution in [0.15, 0.2) is 0 Å². The van der Waals surface area contributed by atoms with E-state index < -0.39 is 0 Å². The molecule has 3 rings (SSSR count). The SMILES string of the molecule is CC1CCCc2c1nc(N)nc2C1CCCCC1. The van der Waals surface area contributed by atoms with Gasteiger partial charge in [0.15, 0.2) is 0 Å². The molecule has 1 heterocycles. The van der Waals surface area contributed by atoms with Crippen LogP contribution in [0.5, 0.6) is 0 Å². The molecule has 18 heavy (non-hydrogen) atoms. The predicted molar refractivity (Wildman–Crippen MR) is 73.6 cm³/mol. The summed E-state index contributed by atoms with van der Waals surface area (Å²) in [5.41, 5.74) is 9.91. The molecule has 0 aromatic carbocycles. The van der Waals surface area contributed by atoms with Gasteiger partial charge in [-0.25, -0.2) is 9.97 Å². The lowest BCUT2D eigenvalue weighted by molar-refractivity contribution is 0.429. The summed E-state index contributed by atoms with van der Waals surface area (Å²) in [5, 5.41) is 0. The highest BCUT2D eigenvalue weighted by atomic mass is 15.0. The smallest absolute Gasteiger partial charge is 0.220 e. The van der Waals surface area contributed by atoms with E-state index in [1.165, 1.54) is 61.9 Å². The van der Waals surface area contributed by atoms with Crippen molar-refractivity contribution < 1.29 is 0 Å². The Kier molecular flexibility index (Phi) is 3.23. The zero-order chi connectivity index (χ0) is 12.5. The second kappa shape index (κ2) is 4.87. The van der Waals surface area contributed by atoms with Gasteiger partial charge in [0.05, 0.1) is 11.4 Å². The van der Waals surface area contributed by atoms with Crippen LogP contribution in [0.4, 0.5) is 5.95 Å². The minimum Gasteiger partial charge on any atom is -0.368 e. The van der Waals surface area contributed by atoms with Crippen LogP contribution in [0.3, 0.4) is 0 Å². The number of aromatic nitrogens is 2. The molecule has 0 bridgehead atoms. The summed E-state index contributed by atoms with van der Waals surface area (Å²) < 4.78 is 0. The average molecular weight is 245 g/mol. The van der Waals surface area contributed by atoms with Crippen molar-refractivity contribution in [2.45, 2.75) is 70.1 Å². The van der Waals surface area contributed by atoms with Crippen LogP contribution in [0.25, 0.3) is 0 Å². The number of rotatable bonds is 1. The van der Waals surface area contributed by atoms with Gasteiger partial charge in [-0.1, -0.05) is 26.2 Å². The Morgan fingerprint density at radius 3 is 2.44 bits per heavy atom. The maximum atomic E-state index is 5.93. The Morgan fingerprint density at radius 1 is 0.944 bits per heavy atom. The van der Waals surface area contributed by atoms with Gasteiger partial charge in [-0.15, -0.1) is 0 Å². The van der Waals surface area contributed by atoms with E-state index >= 15 is 0 Å². The molecule has 0 amide bonds. The van der Waals surface area contributed by atoms with Gasteiger partial charge in [-0.05, 0) is 43.6 Å². The molecular weight excluding hydrogens is 222 g/mol. The summed E-state index contributed by atoms with van der Waals surface area (Å²) in [6.45, 7) is 2.27. The quantitative estimate of drug-likeness (QED) is 0.823. The summed E-state index contributed by atoms with van der Waals surface area (Å²) >= 11 is 0. The van der Waals surface area contributed by atoms with E-state index in [1.807, 2.05) is 0 Å². The summed E-state index contributed by atoms with van der Waals surface area (Å²) in [7, 11) is 0. The van der Waals surface area contributed by atoms with Crippen molar-refractivity contribution in [3.63, 3.8) is 0 Å². The number of anilines is 1. The van der Waals surface area contributed by atoms with Gasteiger partial charge in [0.1, 0.15) is 0 Å². The average Bonchev–Trinajstić information content (AvgIpc) is 2.40. The number of hydrogen-bond acceptors (Lipinski definition) is 3. The maximum Gasteiger partial charge on any atom is 0.220 e. The Bertz CT molecular complexity index is 436. The van der Waals surface area contributed by atoms with Crippen molar-refractivity contribution in [1.82, 2.24) is 9.97 Å². The molecule has 0 spiro atoms. The maximum absolute atomic E-state index is 5.93. The van der Waals surface area contributed by atoms with Crippen LogP contribution in [-0.4, -0.2) is 9.97 Å². The standard InChI is InChI=1S/C15H23N3/c1-10-6-5-9-12-13(10)17-15(16)18-14(12)11-7-3-2-4-8-11/h10-11H,2-9H2,1H3,(H2,16,17,18). The van der Waals surface area contributed by atoms with Crippen molar-refractivity contribution in [3.05, 3.63) is 17.0 Å². The molecule has 1 fully saturated rings. The van der Waals surface area contributed by atoms with Gasteiger partial charge in [-0.2, -0.15) is 0 Å². The lowest BCUT2D eigenvalue weighted by Gasteiger charge is -2.28. The highest BCUT2D eigenvalue weighted by Gasteiger charge is 2.27. The predicted octanol–water partition coefficient (Wildman–Crippen LogP) is 3.55. The summed E-state index contributed by atoms with van der Waals surface area (Å²) in [4.78, 5) is 9.13. The number of nitrogens with zero attached hydrogens (tertiary/aromatic N) is 2. The minimum atomic E-state index is 0.489. The van der Waals surface area contributed by atoms with Crippen LogP contribution in [0, 0.1) is 0 Å². The first-order valence-corrected chi connectivity index (χ1v) is 7.42. The Hall–Kier alpha value is -1.12. The Morgan fingerprint density at radius 2 is 1.67 bits per heavy atom. The molecule has 2 N–H and O–H groups in total. The van der Waals surface area contributed by atoms with E-state index in [9.17, 15) is 0 Å². The van der Waals surface area contributed by atoms with Crippen molar-refractivity contribution in [1.29, 1.82) is 0 Å². The number of fused-ring (bicyclic) bond motifs is 1. The topological polar surface area (TPSA) is 51.8 Å². The molecule has 2 aliphatic carbocycles. The van der Waals surface area contributed by atoms with Crippen LogP contribution < -0.4 is 5.73 Å². The minimum absolute atomic E-state index is 0.489. The summed E-state index contributed by atoms with van der Waals surface area (Å²) in [5.74, 6) is 1.69. The number of nitrogen functional groups attached to an aromatic ring is 1. The van der Waals surface area contributed by atoms with Crippen molar-refractivity contribution in [2.24, 2.45) is 0 Å². The molecule has 1 atom stereocenters. The van der Waals surface area contributed by atoms with Crippen molar-refractivity contribution >= 4 is 5.95 Å². The molecule has 98 valence electrons. The normalized spacial score (nSPS) is 24.8. The third-order valence-electron chi connectivity index (χ3n) is 4.61. The first-order valence-electron chi connectivity index (χ1n) is 7.42. The van der Waals surface area contributed by atoms with Crippen LogP contribution in [0.2, 0.25) is 0 Å². The van der Waals surface area contributed by atoms with Crippen LogP contribution in [-0.2, 0) is 6.42 Å². The molecule has 0 aliphatic heterocycles. The van der Waals surface area contributed by atoms with Gasteiger partial charge in [0, 0.05) is 5.92 Å². The largest absolute Gasteiger partial charge is 0.368 e. The highest BCUT2D eigenvalue weighted by Crippen LogP contribution is 2.38. The van der Waals surface area contributed by atoms with Gasteiger partial charge >= 0.3 is 0 Å². The second-order valence-electron chi connectivity index (χ2n) is 5.96. The Labute approximate surface area is 109 Å². The van der Waals surface area contributed by atoms with E-state index in [4.69, 9.17) is 5.73 Å². The van der Waals surface area contributed by atoms with Crippen LogP contribution in [0.1, 0.15) is 80.7 Å². The third kappa shape index (κ3) is 2.11. The third-order valence-corrected chi connectivity index (χ3v) is 4.61. The van der Waals surface area contributed by atoms with Gasteiger partial charge in [0.2, 0.25) is 5.95 Å². The first kappa shape index (κ1) is 11.9. The van der Waals surface area contributed by atoms with Crippen molar-refractivity contribution in [3.8, 4) is 0 Å². The van der Waals surface area contributed by atoms with E-state index in [1.54, 1.807) is 0 Å². The second-order valence-corrected chi connectivity index (χ2v) is 5.96. The molecule has 1 unspecified atom stereocenters. The van der Waals surface area contributed by atoms with Crippen LogP contribution >= 0.6 is 0 Å². The first-order chi connectivity index (χ1) is 8.75. The fourth-order valence-electron chi connectivity index (χ4n) is 3.64. The molecule has 1 aromatic rings. The molecule has 0 saturated heterocycles. The van der Waals surface area contributed by atoms with E-state index in [-0.39, 0.29) is 0 Å². The van der Waals surface area contributed by atoms with Crippen molar-refractivity contribution in [2.75, 3.05) is 5.73 Å². The lowest BCUT2D eigenvalue weighted by Crippen LogP contribution is -2.19. The molecule has 1 aromatic heterocycles. The van der Waals surface area contributed by atoms with E-state index in [0.717, 1.165) is 6.42 Å². The Balaban J connectivity index is 2.02. The molecular formula is C15H23N3. The fraction of sp³-hybridized carbons (Fsp3) is 0.733. The zero-order valence-electron chi connectivity index (χ0n) is 11.3. The fourth-order valence-corrected chi connectivity index (χ4v) is 3.64. The lowest BCUT2D eigenvalue weighted by atomic mass is 9.80. The number of nitrogens with two attached hydrogens (primary N) is 1. The zero-order valence-corrected chi connectivity index (χ0v) is 11.3. The van der Waals surface area contributed by atoms with E-state index in [2.05, 4.69) is 16.9 Å².